The number of primary amides is 1. The minimum absolute atomic E-state index is 0.183. The summed E-state index contributed by atoms with van der Waals surface area (Å²) in [6.07, 6.45) is 4.37. The molecule has 0 aromatic heterocycles. The van der Waals surface area contributed by atoms with Gasteiger partial charge < -0.3 is 11.1 Å². The lowest BCUT2D eigenvalue weighted by atomic mass is 10.2. The molecular formula is C6H10N2O. The standard InChI is InChI=1S/C6H10N2O/c7-6(9)4-5-2-1-3-8-5/h1-2,5,8H,3-4H2,(H2,7,9). The lowest BCUT2D eigenvalue weighted by Gasteiger charge is -2.03. The molecule has 1 atom stereocenters. The maximum Gasteiger partial charge on any atom is 0.219 e. The molecule has 1 unspecified atom stereocenters. The number of nitrogens with two attached hydrogens (primary N) is 1. The second-order valence-corrected chi connectivity index (χ2v) is 2.11. The number of amides is 1. The van der Waals surface area contributed by atoms with Crippen LogP contribution in [0.3, 0.4) is 0 Å². The summed E-state index contributed by atoms with van der Waals surface area (Å²) in [5.41, 5.74) is 4.96. The number of nitrogens with one attached hydrogen (secondary N) is 1. The summed E-state index contributed by atoms with van der Waals surface area (Å²) >= 11 is 0. The van der Waals surface area contributed by atoms with E-state index >= 15 is 0 Å². The fraction of sp³-hybridized carbons (Fsp3) is 0.500. The van der Waals surface area contributed by atoms with Crippen molar-refractivity contribution in [3.8, 4) is 0 Å². The molecule has 0 aromatic rings. The van der Waals surface area contributed by atoms with E-state index in [1.807, 2.05) is 12.2 Å². The van der Waals surface area contributed by atoms with Gasteiger partial charge in [0.15, 0.2) is 0 Å². The van der Waals surface area contributed by atoms with Crippen LogP contribution in [0.15, 0.2) is 12.2 Å². The van der Waals surface area contributed by atoms with Crippen LogP contribution in [0.5, 0.6) is 0 Å². The van der Waals surface area contributed by atoms with Gasteiger partial charge in [-0.05, 0) is 0 Å². The predicted molar refractivity (Wildman–Crippen MR) is 34.7 cm³/mol. The van der Waals surface area contributed by atoms with E-state index in [2.05, 4.69) is 5.32 Å². The molecular weight excluding hydrogens is 116 g/mol. The van der Waals surface area contributed by atoms with Crippen molar-refractivity contribution in [3.63, 3.8) is 0 Å². The summed E-state index contributed by atoms with van der Waals surface area (Å²) in [7, 11) is 0. The third kappa shape index (κ3) is 1.85. The van der Waals surface area contributed by atoms with Crippen molar-refractivity contribution in [2.24, 2.45) is 5.73 Å². The van der Waals surface area contributed by atoms with Crippen molar-refractivity contribution in [2.45, 2.75) is 12.5 Å². The van der Waals surface area contributed by atoms with E-state index in [4.69, 9.17) is 5.73 Å². The van der Waals surface area contributed by atoms with E-state index < -0.39 is 0 Å². The molecule has 0 fully saturated rings. The van der Waals surface area contributed by atoms with Crippen LogP contribution in [0.2, 0.25) is 0 Å². The number of hydrogen-bond acceptors (Lipinski definition) is 2. The van der Waals surface area contributed by atoms with Gasteiger partial charge in [-0.3, -0.25) is 4.79 Å². The van der Waals surface area contributed by atoms with Gasteiger partial charge in [0.2, 0.25) is 5.91 Å². The van der Waals surface area contributed by atoms with E-state index in [0.717, 1.165) is 6.54 Å². The van der Waals surface area contributed by atoms with Gasteiger partial charge in [0.1, 0.15) is 0 Å². The van der Waals surface area contributed by atoms with Crippen molar-refractivity contribution >= 4 is 5.91 Å². The maximum atomic E-state index is 10.3. The summed E-state index contributed by atoms with van der Waals surface area (Å²) in [5, 5.41) is 3.08. The number of rotatable bonds is 2. The average molecular weight is 126 g/mol. The fourth-order valence-electron chi connectivity index (χ4n) is 0.877. The highest BCUT2D eigenvalue weighted by Crippen LogP contribution is 1.97. The molecule has 1 amide bonds. The molecule has 0 spiro atoms. The minimum Gasteiger partial charge on any atom is -0.370 e. The van der Waals surface area contributed by atoms with Crippen molar-refractivity contribution in [2.75, 3.05) is 6.54 Å². The number of carbonyl (C=O) groups is 1. The van der Waals surface area contributed by atoms with Crippen LogP contribution in [-0.4, -0.2) is 18.5 Å². The van der Waals surface area contributed by atoms with Crippen molar-refractivity contribution < 1.29 is 4.79 Å². The molecule has 0 radical (unpaired) electrons. The second-order valence-electron chi connectivity index (χ2n) is 2.11. The Bertz CT molecular complexity index is 142. The smallest absolute Gasteiger partial charge is 0.219 e. The van der Waals surface area contributed by atoms with Gasteiger partial charge in [0.25, 0.3) is 0 Å². The molecule has 1 heterocycles. The largest absolute Gasteiger partial charge is 0.370 e. The highest BCUT2D eigenvalue weighted by atomic mass is 16.1. The molecule has 3 heteroatoms. The molecule has 0 aliphatic carbocycles. The third-order valence-corrected chi connectivity index (χ3v) is 1.29. The van der Waals surface area contributed by atoms with E-state index in [9.17, 15) is 4.79 Å². The van der Waals surface area contributed by atoms with E-state index in [1.54, 1.807) is 0 Å². The van der Waals surface area contributed by atoms with Gasteiger partial charge in [-0.25, -0.2) is 0 Å². The zero-order chi connectivity index (χ0) is 6.69. The molecule has 3 nitrogen and oxygen atoms in total. The summed E-state index contributed by atoms with van der Waals surface area (Å²) in [6.45, 7) is 0.859. The Kier molecular flexibility index (Phi) is 1.85. The molecule has 1 aliphatic rings. The van der Waals surface area contributed by atoms with Crippen LogP contribution in [0, 0.1) is 0 Å². The van der Waals surface area contributed by atoms with Crippen LogP contribution in [0.1, 0.15) is 6.42 Å². The summed E-state index contributed by atoms with van der Waals surface area (Å²) in [6, 6.07) is 0.183. The first-order valence-corrected chi connectivity index (χ1v) is 2.97. The molecule has 50 valence electrons. The van der Waals surface area contributed by atoms with Gasteiger partial charge in [0.05, 0.1) is 0 Å². The van der Waals surface area contributed by atoms with Crippen LogP contribution >= 0.6 is 0 Å². The van der Waals surface area contributed by atoms with Gasteiger partial charge in [-0.1, -0.05) is 12.2 Å². The topological polar surface area (TPSA) is 55.1 Å². The second kappa shape index (κ2) is 2.64. The summed E-state index contributed by atoms with van der Waals surface area (Å²) in [5.74, 6) is -0.251. The van der Waals surface area contributed by atoms with Crippen LogP contribution < -0.4 is 11.1 Å². The third-order valence-electron chi connectivity index (χ3n) is 1.29. The molecule has 1 aliphatic heterocycles. The Morgan fingerprint density at radius 3 is 3.11 bits per heavy atom. The maximum absolute atomic E-state index is 10.3. The molecule has 1 rings (SSSR count). The first kappa shape index (κ1) is 6.29. The Labute approximate surface area is 53.9 Å². The first-order chi connectivity index (χ1) is 4.29. The molecule has 0 saturated carbocycles. The highest BCUT2D eigenvalue weighted by molar-refractivity contribution is 5.74. The minimum atomic E-state index is -0.251. The molecule has 9 heavy (non-hydrogen) atoms. The Hall–Kier alpha value is -0.830. The fourth-order valence-corrected chi connectivity index (χ4v) is 0.877. The Balaban J connectivity index is 2.28. The van der Waals surface area contributed by atoms with Crippen molar-refractivity contribution in [3.05, 3.63) is 12.2 Å². The lowest BCUT2D eigenvalue weighted by molar-refractivity contribution is -0.118. The van der Waals surface area contributed by atoms with Gasteiger partial charge in [0, 0.05) is 19.0 Å². The molecule has 3 N–H and O–H groups in total. The molecule has 0 aromatic carbocycles. The lowest BCUT2D eigenvalue weighted by Crippen LogP contribution is -2.27. The van der Waals surface area contributed by atoms with Crippen LogP contribution in [0.4, 0.5) is 0 Å². The predicted octanol–water partition coefficient (Wildman–Crippen LogP) is -0.610. The highest BCUT2D eigenvalue weighted by Gasteiger charge is 2.09. The van der Waals surface area contributed by atoms with Crippen molar-refractivity contribution in [1.82, 2.24) is 5.32 Å². The first-order valence-electron chi connectivity index (χ1n) is 2.97. The monoisotopic (exact) mass is 126 g/mol. The molecule has 0 saturated heterocycles. The quantitative estimate of drug-likeness (QED) is 0.485. The van der Waals surface area contributed by atoms with Gasteiger partial charge in [-0.2, -0.15) is 0 Å². The Morgan fingerprint density at radius 2 is 2.67 bits per heavy atom. The van der Waals surface area contributed by atoms with Crippen LogP contribution in [0.25, 0.3) is 0 Å². The van der Waals surface area contributed by atoms with Gasteiger partial charge in [-0.15, -0.1) is 0 Å². The average Bonchev–Trinajstić information content (AvgIpc) is 2.15. The Morgan fingerprint density at radius 1 is 1.89 bits per heavy atom. The SMILES string of the molecule is NC(=O)CC1C=CCN1. The summed E-state index contributed by atoms with van der Waals surface area (Å²) < 4.78 is 0. The van der Waals surface area contributed by atoms with E-state index in [1.165, 1.54) is 0 Å². The van der Waals surface area contributed by atoms with Gasteiger partial charge >= 0.3 is 0 Å². The zero-order valence-electron chi connectivity index (χ0n) is 5.13. The number of carbonyl (C=O) groups excluding carboxylic acids is 1. The van der Waals surface area contributed by atoms with E-state index in [0.29, 0.717) is 6.42 Å². The van der Waals surface area contributed by atoms with Crippen LogP contribution in [-0.2, 0) is 4.79 Å². The summed E-state index contributed by atoms with van der Waals surface area (Å²) in [4.78, 5) is 10.3. The molecule has 0 bridgehead atoms. The normalized spacial score (nSPS) is 24.7. The van der Waals surface area contributed by atoms with Crippen molar-refractivity contribution in [1.29, 1.82) is 0 Å². The zero-order valence-corrected chi connectivity index (χ0v) is 5.13. The number of hydrogen-bond donors (Lipinski definition) is 2. The van der Waals surface area contributed by atoms with E-state index in [-0.39, 0.29) is 11.9 Å².